The van der Waals surface area contributed by atoms with Crippen molar-refractivity contribution >= 4 is 5.91 Å². The molecule has 3 aromatic rings. The molecular formula is C30H34N2O. The summed E-state index contributed by atoms with van der Waals surface area (Å²) in [6.45, 7) is 8.86. The van der Waals surface area contributed by atoms with E-state index in [1.165, 1.54) is 11.1 Å². The van der Waals surface area contributed by atoms with Crippen LogP contribution in [0.15, 0.2) is 97.2 Å². The normalized spacial score (nSPS) is 15.1. The number of carbonyl (C=O) groups is 1. The van der Waals surface area contributed by atoms with E-state index in [-0.39, 0.29) is 11.3 Å². The van der Waals surface area contributed by atoms with Crippen LogP contribution in [-0.2, 0) is 11.8 Å². The number of rotatable bonds is 8. The fourth-order valence-corrected chi connectivity index (χ4v) is 4.94. The first kappa shape index (κ1) is 22.8. The van der Waals surface area contributed by atoms with Gasteiger partial charge in [0.05, 0.1) is 0 Å². The van der Waals surface area contributed by atoms with Crippen LogP contribution in [0.4, 0.5) is 0 Å². The Labute approximate surface area is 198 Å². The molecule has 3 aromatic carbocycles. The lowest BCUT2D eigenvalue weighted by atomic mass is 9.70. The van der Waals surface area contributed by atoms with Gasteiger partial charge in [0.2, 0.25) is 0 Å². The lowest BCUT2D eigenvalue weighted by Gasteiger charge is -2.44. The molecule has 1 aliphatic rings. The van der Waals surface area contributed by atoms with E-state index in [2.05, 4.69) is 72.6 Å². The van der Waals surface area contributed by atoms with Crippen molar-refractivity contribution in [3.8, 4) is 0 Å². The molecule has 1 saturated heterocycles. The number of amides is 1. The van der Waals surface area contributed by atoms with E-state index in [1.807, 2.05) is 36.1 Å². The summed E-state index contributed by atoms with van der Waals surface area (Å²) in [5.41, 5.74) is 5.41. The maximum atomic E-state index is 13.2. The predicted molar refractivity (Wildman–Crippen MR) is 136 cm³/mol. The Morgan fingerprint density at radius 3 is 2.18 bits per heavy atom. The molecule has 1 heterocycles. The number of nitrogens with zero attached hydrogens (tertiary/aromatic N) is 1. The Kier molecular flexibility index (Phi) is 7.29. The van der Waals surface area contributed by atoms with Gasteiger partial charge in [-0.3, -0.25) is 4.79 Å². The lowest BCUT2D eigenvalue weighted by Crippen LogP contribution is -2.48. The molecule has 1 amide bonds. The van der Waals surface area contributed by atoms with Crippen LogP contribution < -0.4 is 5.32 Å². The molecule has 0 atom stereocenters. The quantitative estimate of drug-likeness (QED) is 0.444. The summed E-state index contributed by atoms with van der Waals surface area (Å²) < 4.78 is 0. The molecule has 1 N–H and O–H groups in total. The Bertz CT molecular complexity index is 1070. The van der Waals surface area contributed by atoms with Crippen LogP contribution in [0.1, 0.15) is 46.3 Å². The van der Waals surface area contributed by atoms with Gasteiger partial charge in [0.1, 0.15) is 0 Å². The second-order valence-electron chi connectivity index (χ2n) is 9.05. The predicted octanol–water partition coefficient (Wildman–Crippen LogP) is 5.91. The molecule has 170 valence electrons. The summed E-state index contributed by atoms with van der Waals surface area (Å²) in [5.74, 6) is 0.135. The summed E-state index contributed by atoms with van der Waals surface area (Å²) in [6, 6.07) is 29.2. The minimum Gasteiger partial charge on any atom is -0.388 e. The van der Waals surface area contributed by atoms with Crippen LogP contribution in [0.5, 0.6) is 0 Å². The first-order chi connectivity index (χ1) is 16.1. The van der Waals surface area contributed by atoms with Crippen LogP contribution >= 0.6 is 0 Å². The first-order valence-corrected chi connectivity index (χ1v) is 12.0. The second-order valence-corrected chi connectivity index (χ2v) is 9.05. The maximum absolute atomic E-state index is 13.2. The van der Waals surface area contributed by atoms with E-state index in [9.17, 15) is 4.79 Å². The van der Waals surface area contributed by atoms with Crippen LogP contribution in [0.25, 0.3) is 0 Å². The van der Waals surface area contributed by atoms with Crippen molar-refractivity contribution < 1.29 is 4.79 Å². The van der Waals surface area contributed by atoms with E-state index in [0.29, 0.717) is 0 Å². The van der Waals surface area contributed by atoms with Crippen molar-refractivity contribution in [2.45, 2.75) is 38.0 Å². The molecule has 1 aliphatic heterocycles. The van der Waals surface area contributed by atoms with Gasteiger partial charge >= 0.3 is 0 Å². The second kappa shape index (κ2) is 10.5. The van der Waals surface area contributed by atoms with Crippen LogP contribution in [0, 0.1) is 6.92 Å². The number of hydrogen-bond acceptors (Lipinski definition) is 2. The molecule has 33 heavy (non-hydrogen) atoms. The van der Waals surface area contributed by atoms with E-state index < -0.39 is 0 Å². The highest BCUT2D eigenvalue weighted by atomic mass is 16.2. The van der Waals surface area contributed by atoms with E-state index >= 15 is 0 Å². The number of benzene rings is 3. The third kappa shape index (κ3) is 5.19. The maximum Gasteiger partial charge on any atom is 0.254 e. The van der Waals surface area contributed by atoms with Crippen molar-refractivity contribution in [3.05, 3.63) is 119 Å². The molecule has 0 unspecified atom stereocenters. The fourth-order valence-electron chi connectivity index (χ4n) is 4.94. The van der Waals surface area contributed by atoms with Gasteiger partial charge < -0.3 is 10.2 Å². The van der Waals surface area contributed by atoms with Crippen molar-refractivity contribution in [1.29, 1.82) is 0 Å². The Morgan fingerprint density at radius 1 is 0.909 bits per heavy atom. The Hall–Kier alpha value is -3.33. The summed E-state index contributed by atoms with van der Waals surface area (Å²) >= 11 is 0. The standard InChI is InChI=1S/C30H34N2O/c1-24-12-9-10-18-28(24)29(33)32-22-19-30(20-23-32,27-16-7-4-8-17-27)25(2)31-21-11-15-26-13-5-3-6-14-26/h3-10,12-14,16-18,31H,2,11,15,19-23H2,1H3. The molecule has 0 radical (unpaired) electrons. The molecule has 0 aliphatic carbocycles. The highest BCUT2D eigenvalue weighted by molar-refractivity contribution is 5.95. The molecular weight excluding hydrogens is 404 g/mol. The summed E-state index contributed by atoms with van der Waals surface area (Å²) in [6.07, 6.45) is 3.86. The number of allylic oxidation sites excluding steroid dienone is 1. The lowest BCUT2D eigenvalue weighted by molar-refractivity contribution is 0.0680. The van der Waals surface area contributed by atoms with Crippen molar-refractivity contribution in [3.63, 3.8) is 0 Å². The van der Waals surface area contributed by atoms with Gasteiger partial charge in [0.15, 0.2) is 0 Å². The van der Waals surface area contributed by atoms with E-state index in [0.717, 1.165) is 62.1 Å². The topological polar surface area (TPSA) is 32.3 Å². The number of carbonyl (C=O) groups excluding carboxylic acids is 1. The average Bonchev–Trinajstić information content (AvgIpc) is 2.87. The molecule has 0 saturated carbocycles. The van der Waals surface area contributed by atoms with Crippen molar-refractivity contribution in [2.24, 2.45) is 0 Å². The first-order valence-electron chi connectivity index (χ1n) is 12.0. The van der Waals surface area contributed by atoms with E-state index in [4.69, 9.17) is 0 Å². The number of likely N-dealkylation sites (tertiary alicyclic amines) is 1. The monoisotopic (exact) mass is 438 g/mol. The van der Waals surface area contributed by atoms with Gasteiger partial charge in [-0.1, -0.05) is 85.4 Å². The minimum absolute atomic E-state index is 0.135. The SMILES string of the molecule is C=C(NCCCc1ccccc1)C1(c2ccccc2)CCN(C(=O)c2ccccc2C)CC1. The average molecular weight is 439 g/mol. The number of aryl methyl sites for hydroxylation is 2. The third-order valence-electron chi connectivity index (χ3n) is 7.01. The third-order valence-corrected chi connectivity index (χ3v) is 7.01. The fraction of sp³-hybridized carbons (Fsp3) is 0.300. The molecule has 3 heteroatoms. The van der Waals surface area contributed by atoms with E-state index in [1.54, 1.807) is 0 Å². The Morgan fingerprint density at radius 2 is 1.52 bits per heavy atom. The Balaban J connectivity index is 1.43. The van der Waals surface area contributed by atoms with Gasteiger partial charge in [-0.25, -0.2) is 0 Å². The zero-order valence-corrected chi connectivity index (χ0v) is 19.6. The zero-order chi connectivity index (χ0) is 23.1. The number of hydrogen-bond donors (Lipinski definition) is 1. The minimum atomic E-state index is -0.156. The highest BCUT2D eigenvalue weighted by Crippen LogP contribution is 2.40. The summed E-state index contributed by atoms with van der Waals surface area (Å²) in [5, 5.41) is 3.65. The molecule has 1 fully saturated rings. The zero-order valence-electron chi connectivity index (χ0n) is 19.6. The highest BCUT2D eigenvalue weighted by Gasteiger charge is 2.40. The molecule has 0 aromatic heterocycles. The number of piperidine rings is 1. The molecule has 3 nitrogen and oxygen atoms in total. The van der Waals surface area contributed by atoms with Gasteiger partial charge in [-0.2, -0.15) is 0 Å². The van der Waals surface area contributed by atoms with Crippen LogP contribution in [0.2, 0.25) is 0 Å². The summed E-state index contributed by atoms with van der Waals surface area (Å²) in [4.78, 5) is 15.2. The van der Waals surface area contributed by atoms with Gasteiger partial charge in [-0.05, 0) is 55.4 Å². The van der Waals surface area contributed by atoms with Crippen LogP contribution in [0.3, 0.4) is 0 Å². The van der Waals surface area contributed by atoms with Gasteiger partial charge in [0, 0.05) is 36.3 Å². The number of nitrogens with one attached hydrogen (secondary N) is 1. The molecule has 4 rings (SSSR count). The van der Waals surface area contributed by atoms with Gasteiger partial charge in [0.25, 0.3) is 5.91 Å². The van der Waals surface area contributed by atoms with Gasteiger partial charge in [-0.15, -0.1) is 0 Å². The molecule has 0 bridgehead atoms. The van der Waals surface area contributed by atoms with Crippen molar-refractivity contribution in [2.75, 3.05) is 19.6 Å². The van der Waals surface area contributed by atoms with Crippen LogP contribution in [-0.4, -0.2) is 30.4 Å². The smallest absolute Gasteiger partial charge is 0.254 e. The molecule has 0 spiro atoms. The largest absolute Gasteiger partial charge is 0.388 e. The summed E-state index contributed by atoms with van der Waals surface area (Å²) in [7, 11) is 0. The van der Waals surface area contributed by atoms with Crippen molar-refractivity contribution in [1.82, 2.24) is 10.2 Å².